The van der Waals surface area contributed by atoms with Crippen molar-refractivity contribution in [1.29, 1.82) is 0 Å². The van der Waals surface area contributed by atoms with Crippen molar-refractivity contribution in [1.82, 2.24) is 30.1 Å². The smallest absolute Gasteiger partial charge is 0.142 e. The molecule has 1 aromatic carbocycles. The van der Waals surface area contributed by atoms with E-state index in [0.29, 0.717) is 16.6 Å². The second-order valence-electron chi connectivity index (χ2n) is 8.02. The first-order valence-electron chi connectivity index (χ1n) is 10.4. The molecule has 5 aromatic heterocycles. The number of aryl methyl sites for hydroxylation is 3. The largest absolute Gasteiger partial charge is 0.496 e. The molecule has 0 aliphatic rings. The standard InChI is InChI=1S/C24H19ClN6O2/c1-10-20(11(2)33-31-10)16-6-18-15(7-19(16)32-4)21-22(28-12(3)29-24(21)30-18)17-9-27-23-14(17)5-13(25)8-26-23/h5-9H,1-4H3,(H,26,27)(H,28,29,30). The van der Waals surface area contributed by atoms with Crippen LogP contribution in [0.5, 0.6) is 5.75 Å². The molecular formula is C24H19ClN6O2. The Labute approximate surface area is 193 Å². The number of benzene rings is 1. The van der Waals surface area contributed by atoms with Crippen LogP contribution in [0.25, 0.3) is 55.4 Å². The van der Waals surface area contributed by atoms with Crippen LogP contribution in [0.3, 0.4) is 0 Å². The SMILES string of the molecule is COc1cc2c(cc1-c1c(C)noc1C)[nH]c1nc(C)nc(-c3c[nH]c4ncc(Cl)cc34)c12. The maximum atomic E-state index is 6.25. The third-order valence-electron chi connectivity index (χ3n) is 5.94. The summed E-state index contributed by atoms with van der Waals surface area (Å²) < 4.78 is 11.2. The molecule has 8 nitrogen and oxygen atoms in total. The van der Waals surface area contributed by atoms with Gasteiger partial charge in [0.25, 0.3) is 0 Å². The maximum absolute atomic E-state index is 6.25. The first-order valence-corrected chi connectivity index (χ1v) is 10.8. The van der Waals surface area contributed by atoms with E-state index in [1.807, 2.05) is 39.1 Å². The summed E-state index contributed by atoms with van der Waals surface area (Å²) >= 11 is 6.25. The lowest BCUT2D eigenvalue weighted by Gasteiger charge is -2.09. The van der Waals surface area contributed by atoms with E-state index in [4.69, 9.17) is 25.8 Å². The topological polar surface area (TPSA) is 106 Å². The van der Waals surface area contributed by atoms with E-state index >= 15 is 0 Å². The minimum Gasteiger partial charge on any atom is -0.496 e. The third-order valence-corrected chi connectivity index (χ3v) is 6.15. The molecule has 0 bridgehead atoms. The van der Waals surface area contributed by atoms with Crippen LogP contribution in [0, 0.1) is 20.8 Å². The van der Waals surface area contributed by atoms with Gasteiger partial charge in [0, 0.05) is 39.8 Å². The van der Waals surface area contributed by atoms with Gasteiger partial charge >= 0.3 is 0 Å². The van der Waals surface area contributed by atoms with E-state index in [0.717, 1.165) is 66.8 Å². The second kappa shape index (κ2) is 7.05. The van der Waals surface area contributed by atoms with Crippen LogP contribution >= 0.6 is 11.6 Å². The summed E-state index contributed by atoms with van der Waals surface area (Å²) in [6.07, 6.45) is 3.53. The molecule has 33 heavy (non-hydrogen) atoms. The lowest BCUT2D eigenvalue weighted by molar-refractivity contribution is 0.393. The molecular weight excluding hydrogens is 440 g/mol. The molecule has 0 atom stereocenters. The molecule has 0 aliphatic carbocycles. The Hall–Kier alpha value is -3.91. The fraction of sp³-hybridized carbons (Fsp3) is 0.167. The predicted molar refractivity (Wildman–Crippen MR) is 128 cm³/mol. The zero-order valence-electron chi connectivity index (χ0n) is 18.4. The molecule has 0 radical (unpaired) electrons. The summed E-state index contributed by atoms with van der Waals surface area (Å²) in [6.45, 7) is 5.70. The van der Waals surface area contributed by atoms with E-state index in [1.54, 1.807) is 13.3 Å². The molecule has 0 unspecified atom stereocenters. The fourth-order valence-corrected chi connectivity index (χ4v) is 4.69. The Bertz CT molecular complexity index is 1690. The Balaban J connectivity index is 1.70. The van der Waals surface area contributed by atoms with Crippen LogP contribution in [0.4, 0.5) is 0 Å². The Morgan fingerprint density at radius 3 is 2.61 bits per heavy atom. The molecule has 0 amide bonds. The number of nitrogens with one attached hydrogen (secondary N) is 2. The monoisotopic (exact) mass is 458 g/mol. The summed E-state index contributed by atoms with van der Waals surface area (Å²) in [7, 11) is 1.66. The summed E-state index contributed by atoms with van der Waals surface area (Å²) in [5, 5.41) is 7.42. The van der Waals surface area contributed by atoms with Gasteiger partial charge in [-0.05, 0) is 39.0 Å². The number of aromatic amines is 2. The van der Waals surface area contributed by atoms with E-state index in [2.05, 4.69) is 31.2 Å². The number of fused-ring (bicyclic) bond motifs is 4. The summed E-state index contributed by atoms with van der Waals surface area (Å²) in [6, 6.07) is 5.96. The first kappa shape index (κ1) is 19.8. The number of pyridine rings is 1. The number of halogens is 1. The number of hydrogen-bond acceptors (Lipinski definition) is 6. The highest BCUT2D eigenvalue weighted by molar-refractivity contribution is 6.31. The van der Waals surface area contributed by atoms with E-state index in [-0.39, 0.29) is 0 Å². The first-order chi connectivity index (χ1) is 15.9. The average molecular weight is 459 g/mol. The molecule has 6 rings (SSSR count). The van der Waals surface area contributed by atoms with Gasteiger partial charge in [-0.2, -0.15) is 0 Å². The number of nitrogens with zero attached hydrogens (tertiary/aromatic N) is 4. The quantitative estimate of drug-likeness (QED) is 0.342. The lowest BCUT2D eigenvalue weighted by atomic mass is 9.99. The van der Waals surface area contributed by atoms with Gasteiger partial charge < -0.3 is 19.2 Å². The van der Waals surface area contributed by atoms with Gasteiger partial charge in [-0.15, -0.1) is 0 Å². The number of methoxy groups -OCH3 is 1. The average Bonchev–Trinajstić information content (AvgIpc) is 3.46. The number of hydrogen-bond donors (Lipinski definition) is 2. The van der Waals surface area contributed by atoms with Crippen molar-refractivity contribution in [2.45, 2.75) is 20.8 Å². The number of aromatic nitrogens is 6. The van der Waals surface area contributed by atoms with Crippen molar-refractivity contribution < 1.29 is 9.26 Å². The Morgan fingerprint density at radius 1 is 1.00 bits per heavy atom. The van der Waals surface area contributed by atoms with Gasteiger partial charge in [0.1, 0.15) is 28.6 Å². The van der Waals surface area contributed by atoms with Crippen LogP contribution in [0.2, 0.25) is 5.02 Å². The van der Waals surface area contributed by atoms with Crippen molar-refractivity contribution in [3.05, 3.63) is 52.9 Å². The highest BCUT2D eigenvalue weighted by atomic mass is 35.5. The molecule has 6 aromatic rings. The predicted octanol–water partition coefficient (Wildman–Crippen LogP) is 5.90. The second-order valence-corrected chi connectivity index (χ2v) is 8.45. The molecule has 9 heteroatoms. The van der Waals surface area contributed by atoms with E-state index in [1.165, 1.54) is 0 Å². The zero-order chi connectivity index (χ0) is 22.9. The maximum Gasteiger partial charge on any atom is 0.142 e. The minimum absolute atomic E-state index is 0.565. The van der Waals surface area contributed by atoms with Gasteiger partial charge in [0.2, 0.25) is 0 Å². The Morgan fingerprint density at radius 2 is 1.85 bits per heavy atom. The van der Waals surface area contributed by atoms with Crippen molar-refractivity contribution >= 4 is 44.6 Å². The number of ether oxygens (including phenoxy) is 1. The summed E-state index contributed by atoms with van der Waals surface area (Å²) in [5.74, 6) is 2.11. The molecule has 0 aliphatic heterocycles. The highest BCUT2D eigenvalue weighted by Crippen LogP contribution is 2.42. The van der Waals surface area contributed by atoms with E-state index in [9.17, 15) is 0 Å². The number of rotatable bonds is 3. The van der Waals surface area contributed by atoms with Gasteiger partial charge in [-0.3, -0.25) is 0 Å². The normalized spacial score (nSPS) is 11.8. The van der Waals surface area contributed by atoms with E-state index < -0.39 is 0 Å². The van der Waals surface area contributed by atoms with Crippen LogP contribution < -0.4 is 4.74 Å². The van der Waals surface area contributed by atoms with Gasteiger partial charge in [-0.1, -0.05) is 16.8 Å². The third kappa shape index (κ3) is 2.91. The van der Waals surface area contributed by atoms with Crippen molar-refractivity contribution in [3.63, 3.8) is 0 Å². The molecule has 0 spiro atoms. The number of H-pyrrole nitrogens is 2. The summed E-state index contributed by atoms with van der Waals surface area (Å²) in [5.41, 5.74) is 6.75. The van der Waals surface area contributed by atoms with Gasteiger partial charge in [0.05, 0.1) is 34.5 Å². The zero-order valence-corrected chi connectivity index (χ0v) is 19.1. The molecule has 2 N–H and O–H groups in total. The van der Waals surface area contributed by atoms with Crippen molar-refractivity contribution in [2.75, 3.05) is 7.11 Å². The van der Waals surface area contributed by atoms with Gasteiger partial charge in [-0.25, -0.2) is 15.0 Å². The molecule has 0 fully saturated rings. The lowest BCUT2D eigenvalue weighted by Crippen LogP contribution is -1.93. The molecule has 164 valence electrons. The van der Waals surface area contributed by atoms with Crippen LogP contribution in [-0.2, 0) is 0 Å². The highest BCUT2D eigenvalue weighted by Gasteiger charge is 2.22. The summed E-state index contributed by atoms with van der Waals surface area (Å²) in [4.78, 5) is 20.6. The molecule has 0 saturated carbocycles. The van der Waals surface area contributed by atoms with Crippen molar-refractivity contribution in [2.24, 2.45) is 0 Å². The molecule has 5 heterocycles. The van der Waals surface area contributed by atoms with Gasteiger partial charge in [0.15, 0.2) is 0 Å². The van der Waals surface area contributed by atoms with Crippen LogP contribution in [0.15, 0.2) is 35.1 Å². The van der Waals surface area contributed by atoms with Crippen molar-refractivity contribution in [3.8, 4) is 28.1 Å². The Kier molecular flexibility index (Phi) is 4.22. The van der Waals surface area contributed by atoms with Crippen LogP contribution in [-0.4, -0.2) is 37.2 Å². The molecule has 0 saturated heterocycles. The van der Waals surface area contributed by atoms with Crippen LogP contribution in [0.1, 0.15) is 17.3 Å². The fourth-order valence-electron chi connectivity index (χ4n) is 4.54. The minimum atomic E-state index is 0.565.